The quantitative estimate of drug-likeness (QED) is 0.340. The van der Waals surface area contributed by atoms with Gasteiger partial charge in [-0.15, -0.1) is 0 Å². The zero-order valence-electron chi connectivity index (χ0n) is 16.7. The molecular formula is C19H29BN2O5. The molecule has 148 valence electrons. The summed E-state index contributed by atoms with van der Waals surface area (Å²) in [5, 5.41) is 20.9. The van der Waals surface area contributed by atoms with E-state index in [1.54, 1.807) is 26.8 Å². The van der Waals surface area contributed by atoms with Crippen LogP contribution in [0.1, 0.15) is 37.5 Å². The smallest absolute Gasteiger partial charge is 0.402 e. The predicted molar refractivity (Wildman–Crippen MR) is 105 cm³/mol. The Labute approximate surface area is 161 Å². The standard InChI is InChI=1S/C19H29BN2O5/c1-6-14(4)19(24)22(7-2)12-17(23)21-18(27-20(25)26)11-16-9-8-13(3)10-15(16)5/h6,8-10,18,25-26H,7,11-12H2,1-5H3,(H,21,23)/b14-6+/t18-/m1/s1. The van der Waals surface area contributed by atoms with E-state index in [9.17, 15) is 9.59 Å². The molecule has 0 radical (unpaired) electrons. The van der Waals surface area contributed by atoms with Gasteiger partial charge >= 0.3 is 7.32 Å². The lowest BCUT2D eigenvalue weighted by Gasteiger charge is -2.24. The molecular weight excluding hydrogens is 347 g/mol. The Bertz CT molecular complexity index is 691. The Morgan fingerprint density at radius 2 is 2.00 bits per heavy atom. The summed E-state index contributed by atoms with van der Waals surface area (Å²) in [5.41, 5.74) is 3.59. The number of nitrogens with one attached hydrogen (secondary N) is 1. The number of rotatable bonds is 9. The lowest BCUT2D eigenvalue weighted by molar-refractivity contribution is -0.134. The van der Waals surface area contributed by atoms with E-state index in [2.05, 4.69) is 5.32 Å². The summed E-state index contributed by atoms with van der Waals surface area (Å²) >= 11 is 0. The van der Waals surface area contributed by atoms with Crippen LogP contribution in [-0.4, -0.2) is 53.4 Å². The highest BCUT2D eigenvalue weighted by Gasteiger charge is 2.23. The number of hydrogen-bond acceptors (Lipinski definition) is 5. The second-order valence-corrected chi connectivity index (χ2v) is 6.44. The highest BCUT2D eigenvalue weighted by Crippen LogP contribution is 2.13. The molecule has 3 N–H and O–H groups in total. The first kappa shape index (κ1) is 22.9. The van der Waals surface area contributed by atoms with E-state index in [-0.39, 0.29) is 18.9 Å². The fourth-order valence-electron chi connectivity index (χ4n) is 2.65. The van der Waals surface area contributed by atoms with Crippen LogP contribution in [0.3, 0.4) is 0 Å². The Morgan fingerprint density at radius 3 is 2.52 bits per heavy atom. The van der Waals surface area contributed by atoms with Crippen molar-refractivity contribution in [2.24, 2.45) is 0 Å². The number of carbonyl (C=O) groups is 2. The van der Waals surface area contributed by atoms with E-state index in [1.807, 2.05) is 32.0 Å². The summed E-state index contributed by atoms with van der Waals surface area (Å²) in [5.74, 6) is -0.659. The first-order valence-corrected chi connectivity index (χ1v) is 8.97. The fraction of sp³-hybridized carbons (Fsp3) is 0.474. The molecule has 0 fully saturated rings. The van der Waals surface area contributed by atoms with Gasteiger partial charge in [0.25, 0.3) is 0 Å². The van der Waals surface area contributed by atoms with Crippen LogP contribution in [0.4, 0.5) is 0 Å². The van der Waals surface area contributed by atoms with Crippen LogP contribution >= 0.6 is 0 Å². The molecule has 2 amide bonds. The largest absolute Gasteiger partial charge is 0.635 e. The van der Waals surface area contributed by atoms with Crippen LogP contribution in [0, 0.1) is 13.8 Å². The summed E-state index contributed by atoms with van der Waals surface area (Å²) < 4.78 is 5.02. The average molecular weight is 376 g/mol. The molecule has 1 atom stereocenters. The van der Waals surface area contributed by atoms with E-state index in [0.717, 1.165) is 16.7 Å². The molecule has 0 aliphatic heterocycles. The molecule has 0 heterocycles. The summed E-state index contributed by atoms with van der Waals surface area (Å²) in [6, 6.07) is 5.85. The van der Waals surface area contributed by atoms with Gasteiger partial charge in [0.1, 0.15) is 6.23 Å². The van der Waals surface area contributed by atoms with Crippen molar-refractivity contribution in [2.45, 2.75) is 47.3 Å². The molecule has 0 aromatic heterocycles. The lowest BCUT2D eigenvalue weighted by atomic mass is 10.0. The number of carbonyl (C=O) groups excluding carboxylic acids is 2. The first-order valence-electron chi connectivity index (χ1n) is 8.97. The molecule has 0 bridgehead atoms. The van der Waals surface area contributed by atoms with E-state index in [0.29, 0.717) is 12.1 Å². The monoisotopic (exact) mass is 376 g/mol. The van der Waals surface area contributed by atoms with Crippen LogP contribution in [-0.2, 0) is 20.7 Å². The zero-order valence-corrected chi connectivity index (χ0v) is 16.7. The van der Waals surface area contributed by atoms with Gasteiger partial charge in [0.2, 0.25) is 11.8 Å². The number of likely N-dealkylation sites (N-methyl/N-ethyl adjacent to an activating group) is 1. The molecule has 1 aromatic carbocycles. The average Bonchev–Trinajstić information content (AvgIpc) is 2.60. The Hall–Kier alpha value is -2.16. The van der Waals surface area contributed by atoms with Crippen molar-refractivity contribution in [3.63, 3.8) is 0 Å². The van der Waals surface area contributed by atoms with Crippen molar-refractivity contribution in [3.8, 4) is 0 Å². The first-order chi connectivity index (χ1) is 12.7. The maximum Gasteiger partial charge on any atom is 0.635 e. The van der Waals surface area contributed by atoms with Gasteiger partial charge in [0, 0.05) is 18.5 Å². The van der Waals surface area contributed by atoms with Crippen molar-refractivity contribution in [1.29, 1.82) is 0 Å². The molecule has 1 aromatic rings. The normalized spacial score (nSPS) is 12.5. The van der Waals surface area contributed by atoms with Crippen molar-refractivity contribution in [1.82, 2.24) is 10.2 Å². The van der Waals surface area contributed by atoms with E-state index >= 15 is 0 Å². The molecule has 27 heavy (non-hydrogen) atoms. The molecule has 0 unspecified atom stereocenters. The molecule has 0 saturated heterocycles. The van der Waals surface area contributed by atoms with Crippen LogP contribution in [0.5, 0.6) is 0 Å². The third kappa shape index (κ3) is 7.54. The maximum atomic E-state index is 12.4. The van der Waals surface area contributed by atoms with Crippen molar-refractivity contribution >= 4 is 19.1 Å². The summed E-state index contributed by atoms with van der Waals surface area (Å²) in [6.07, 6.45) is 1.02. The number of allylic oxidation sites excluding steroid dienone is 1. The highest BCUT2D eigenvalue weighted by atomic mass is 16.6. The highest BCUT2D eigenvalue weighted by molar-refractivity contribution is 6.32. The zero-order chi connectivity index (χ0) is 20.6. The van der Waals surface area contributed by atoms with Gasteiger partial charge in [-0.1, -0.05) is 29.8 Å². The third-order valence-corrected chi connectivity index (χ3v) is 4.29. The van der Waals surface area contributed by atoms with Gasteiger partial charge in [-0.05, 0) is 45.7 Å². The second-order valence-electron chi connectivity index (χ2n) is 6.44. The minimum Gasteiger partial charge on any atom is -0.402 e. The number of hydrogen-bond donors (Lipinski definition) is 3. The third-order valence-electron chi connectivity index (χ3n) is 4.29. The molecule has 8 heteroatoms. The van der Waals surface area contributed by atoms with Gasteiger partial charge in [0.05, 0.1) is 6.54 Å². The van der Waals surface area contributed by atoms with Gasteiger partial charge in [0.15, 0.2) is 0 Å². The minimum absolute atomic E-state index is 0.144. The lowest BCUT2D eigenvalue weighted by Crippen LogP contribution is -2.47. The number of aryl methyl sites for hydroxylation is 2. The van der Waals surface area contributed by atoms with Crippen LogP contribution in [0.15, 0.2) is 29.8 Å². The summed E-state index contributed by atoms with van der Waals surface area (Å²) in [7, 11) is -2.02. The SMILES string of the molecule is C/C=C(\C)C(=O)N(CC)CC(=O)N[C@@H](Cc1ccc(C)cc1C)OB(O)O. The van der Waals surface area contributed by atoms with Crippen LogP contribution in [0.2, 0.25) is 0 Å². The molecule has 0 aliphatic rings. The molecule has 1 rings (SSSR count). The Balaban J connectivity index is 2.83. The van der Waals surface area contributed by atoms with Gasteiger partial charge in [-0.2, -0.15) is 0 Å². The van der Waals surface area contributed by atoms with E-state index < -0.39 is 19.5 Å². The van der Waals surface area contributed by atoms with Crippen molar-refractivity contribution in [3.05, 3.63) is 46.5 Å². The molecule has 7 nitrogen and oxygen atoms in total. The van der Waals surface area contributed by atoms with E-state index in [1.165, 1.54) is 4.90 Å². The minimum atomic E-state index is -2.02. The topological polar surface area (TPSA) is 99.1 Å². The fourth-order valence-corrected chi connectivity index (χ4v) is 2.65. The molecule has 0 saturated carbocycles. The van der Waals surface area contributed by atoms with Crippen molar-refractivity contribution < 1.29 is 24.3 Å². The van der Waals surface area contributed by atoms with Crippen LogP contribution in [0.25, 0.3) is 0 Å². The number of benzene rings is 1. The Kier molecular flexibility index (Phi) is 9.21. The molecule has 0 aliphatic carbocycles. The summed E-state index contributed by atoms with van der Waals surface area (Å²) in [4.78, 5) is 26.0. The number of amides is 2. The van der Waals surface area contributed by atoms with Crippen LogP contribution < -0.4 is 5.32 Å². The predicted octanol–water partition coefficient (Wildman–Crippen LogP) is 1.09. The van der Waals surface area contributed by atoms with Gasteiger partial charge < -0.3 is 24.9 Å². The number of nitrogens with zero attached hydrogens (tertiary/aromatic N) is 1. The van der Waals surface area contributed by atoms with Gasteiger partial charge in [-0.25, -0.2) is 0 Å². The maximum absolute atomic E-state index is 12.4. The van der Waals surface area contributed by atoms with Gasteiger partial charge in [-0.3, -0.25) is 9.59 Å². The molecule has 0 spiro atoms. The summed E-state index contributed by atoms with van der Waals surface area (Å²) in [6.45, 7) is 9.39. The second kappa shape index (κ2) is 10.9. The van der Waals surface area contributed by atoms with Crippen molar-refractivity contribution in [2.75, 3.05) is 13.1 Å². The Morgan fingerprint density at radius 1 is 1.33 bits per heavy atom. The van der Waals surface area contributed by atoms with E-state index in [4.69, 9.17) is 14.7 Å².